The van der Waals surface area contributed by atoms with E-state index in [0.717, 1.165) is 18.5 Å². The van der Waals surface area contributed by atoms with E-state index >= 15 is 0 Å². The van der Waals surface area contributed by atoms with Gasteiger partial charge in [-0.25, -0.2) is 0 Å². The summed E-state index contributed by atoms with van der Waals surface area (Å²) < 4.78 is 5.60. The number of rotatable bonds is 3. The zero-order chi connectivity index (χ0) is 10.8. The quantitative estimate of drug-likeness (QED) is 0.829. The van der Waals surface area contributed by atoms with Crippen LogP contribution in [0.5, 0.6) is 0 Å². The maximum Gasteiger partial charge on any atom is 0.137 e. The predicted octanol–water partition coefficient (Wildman–Crippen LogP) is 2.81. The first-order valence-corrected chi connectivity index (χ1v) is 5.34. The van der Waals surface area contributed by atoms with Crippen molar-refractivity contribution in [2.75, 3.05) is 13.6 Å². The fraction of sp³-hybridized carbons (Fsp3) is 0.385. The molecule has 2 heteroatoms. The molecule has 80 valence electrons. The Balaban J connectivity index is 2.49. The maximum absolute atomic E-state index is 5.60. The van der Waals surface area contributed by atoms with Gasteiger partial charge in [0, 0.05) is 5.39 Å². The van der Waals surface area contributed by atoms with E-state index in [1.54, 1.807) is 0 Å². The Morgan fingerprint density at radius 2 is 2.07 bits per heavy atom. The normalized spacial score (nSPS) is 11.1. The second-order valence-electron chi connectivity index (χ2n) is 4.07. The van der Waals surface area contributed by atoms with Crippen LogP contribution in [0, 0.1) is 13.8 Å². The van der Waals surface area contributed by atoms with Gasteiger partial charge in [-0.05, 0) is 56.6 Å². The summed E-state index contributed by atoms with van der Waals surface area (Å²) in [6.45, 7) is 5.21. The highest BCUT2D eigenvalue weighted by molar-refractivity contribution is 5.84. The molecule has 0 unspecified atom stereocenters. The van der Waals surface area contributed by atoms with Gasteiger partial charge in [-0.1, -0.05) is 6.07 Å². The summed E-state index contributed by atoms with van der Waals surface area (Å²) in [6.07, 6.45) is 2.90. The molecule has 0 fully saturated rings. The van der Waals surface area contributed by atoms with Gasteiger partial charge < -0.3 is 9.73 Å². The number of benzene rings is 1. The summed E-state index contributed by atoms with van der Waals surface area (Å²) in [5.41, 5.74) is 4.85. The van der Waals surface area contributed by atoms with Crippen LogP contribution in [0.2, 0.25) is 0 Å². The van der Waals surface area contributed by atoms with Crippen molar-refractivity contribution in [3.05, 3.63) is 35.1 Å². The van der Waals surface area contributed by atoms with Crippen LogP contribution in [-0.2, 0) is 6.42 Å². The van der Waals surface area contributed by atoms with Gasteiger partial charge in [0.2, 0.25) is 0 Å². The Kier molecular flexibility index (Phi) is 2.78. The van der Waals surface area contributed by atoms with Crippen molar-refractivity contribution in [3.63, 3.8) is 0 Å². The highest BCUT2D eigenvalue weighted by Crippen LogP contribution is 2.25. The van der Waals surface area contributed by atoms with Gasteiger partial charge in [0.05, 0.1) is 6.26 Å². The molecule has 0 saturated heterocycles. The topological polar surface area (TPSA) is 25.2 Å². The lowest BCUT2D eigenvalue weighted by Gasteiger charge is -2.00. The molecule has 0 aliphatic rings. The number of hydrogen-bond donors (Lipinski definition) is 1. The van der Waals surface area contributed by atoms with Crippen molar-refractivity contribution in [2.45, 2.75) is 20.3 Å². The lowest BCUT2D eigenvalue weighted by atomic mass is 10.0. The first-order valence-electron chi connectivity index (χ1n) is 5.34. The highest BCUT2D eigenvalue weighted by atomic mass is 16.3. The summed E-state index contributed by atoms with van der Waals surface area (Å²) in [5, 5.41) is 4.42. The summed E-state index contributed by atoms with van der Waals surface area (Å²) in [7, 11) is 1.97. The Hall–Kier alpha value is -1.28. The van der Waals surface area contributed by atoms with Crippen LogP contribution in [-0.4, -0.2) is 13.6 Å². The van der Waals surface area contributed by atoms with Crippen LogP contribution in [0.1, 0.15) is 16.7 Å². The molecule has 0 atom stereocenters. The van der Waals surface area contributed by atoms with Crippen LogP contribution >= 0.6 is 0 Å². The van der Waals surface area contributed by atoms with Crippen LogP contribution < -0.4 is 5.32 Å². The molecule has 1 aromatic carbocycles. The number of nitrogens with one attached hydrogen (secondary N) is 1. The van der Waals surface area contributed by atoms with Crippen molar-refractivity contribution < 1.29 is 4.42 Å². The van der Waals surface area contributed by atoms with E-state index in [-0.39, 0.29) is 0 Å². The van der Waals surface area contributed by atoms with Gasteiger partial charge in [0.1, 0.15) is 5.58 Å². The Morgan fingerprint density at radius 3 is 2.80 bits per heavy atom. The van der Waals surface area contributed by atoms with E-state index in [1.165, 1.54) is 22.1 Å². The van der Waals surface area contributed by atoms with Crippen LogP contribution in [0.15, 0.2) is 22.8 Å². The maximum atomic E-state index is 5.60. The molecule has 1 N–H and O–H groups in total. The van der Waals surface area contributed by atoms with E-state index in [9.17, 15) is 0 Å². The molecule has 0 radical (unpaired) electrons. The lowest BCUT2D eigenvalue weighted by Crippen LogP contribution is -2.09. The fourth-order valence-electron chi connectivity index (χ4n) is 2.00. The van der Waals surface area contributed by atoms with Gasteiger partial charge >= 0.3 is 0 Å². The standard InChI is InChI=1S/C13H17NO/c1-9-6-10(2)13-12(7-9)11(8-15-13)4-5-14-3/h6-8,14H,4-5H2,1-3H3. The van der Waals surface area contributed by atoms with Crippen molar-refractivity contribution >= 4 is 11.0 Å². The summed E-state index contributed by atoms with van der Waals surface area (Å²) in [6, 6.07) is 4.37. The summed E-state index contributed by atoms with van der Waals surface area (Å²) >= 11 is 0. The fourth-order valence-corrected chi connectivity index (χ4v) is 2.00. The third-order valence-electron chi connectivity index (χ3n) is 2.73. The molecule has 0 amide bonds. The molecular weight excluding hydrogens is 186 g/mol. The van der Waals surface area contributed by atoms with Gasteiger partial charge in [0.25, 0.3) is 0 Å². The van der Waals surface area contributed by atoms with E-state index in [1.807, 2.05) is 13.3 Å². The third-order valence-corrected chi connectivity index (χ3v) is 2.73. The first kappa shape index (κ1) is 10.2. The Labute approximate surface area is 90.3 Å². The van der Waals surface area contributed by atoms with E-state index in [0.29, 0.717) is 0 Å². The monoisotopic (exact) mass is 203 g/mol. The molecule has 15 heavy (non-hydrogen) atoms. The lowest BCUT2D eigenvalue weighted by molar-refractivity contribution is 0.606. The number of aryl methyl sites for hydroxylation is 2. The molecule has 2 rings (SSSR count). The molecule has 0 aliphatic heterocycles. The van der Waals surface area contributed by atoms with Crippen molar-refractivity contribution in [3.8, 4) is 0 Å². The van der Waals surface area contributed by atoms with Gasteiger partial charge in [-0.15, -0.1) is 0 Å². The first-order chi connectivity index (χ1) is 7.22. The van der Waals surface area contributed by atoms with E-state index < -0.39 is 0 Å². The van der Waals surface area contributed by atoms with E-state index in [2.05, 4.69) is 31.3 Å². The molecule has 1 heterocycles. The average molecular weight is 203 g/mol. The summed E-state index contributed by atoms with van der Waals surface area (Å²) in [4.78, 5) is 0. The molecule has 0 saturated carbocycles. The molecular formula is C13H17NO. The molecule has 2 nitrogen and oxygen atoms in total. The van der Waals surface area contributed by atoms with Crippen LogP contribution in [0.3, 0.4) is 0 Å². The molecule has 2 aromatic rings. The second kappa shape index (κ2) is 4.07. The molecule has 0 bridgehead atoms. The minimum atomic E-state index is 0.988. The Bertz CT molecular complexity index is 471. The Morgan fingerprint density at radius 1 is 1.27 bits per heavy atom. The minimum Gasteiger partial charge on any atom is -0.464 e. The zero-order valence-corrected chi connectivity index (χ0v) is 9.55. The van der Waals surface area contributed by atoms with Gasteiger partial charge in [-0.3, -0.25) is 0 Å². The zero-order valence-electron chi connectivity index (χ0n) is 9.55. The number of likely N-dealkylation sites (N-methyl/N-ethyl adjacent to an activating group) is 1. The van der Waals surface area contributed by atoms with Gasteiger partial charge in [0.15, 0.2) is 0 Å². The SMILES string of the molecule is CNCCc1coc2c(C)cc(C)cc12. The van der Waals surface area contributed by atoms with Crippen molar-refractivity contribution in [1.29, 1.82) is 0 Å². The number of furan rings is 1. The van der Waals surface area contributed by atoms with Crippen molar-refractivity contribution in [2.24, 2.45) is 0 Å². The summed E-state index contributed by atoms with van der Waals surface area (Å²) in [5.74, 6) is 0. The average Bonchev–Trinajstić information content (AvgIpc) is 2.58. The smallest absolute Gasteiger partial charge is 0.137 e. The molecule has 0 spiro atoms. The van der Waals surface area contributed by atoms with Crippen LogP contribution in [0.4, 0.5) is 0 Å². The van der Waals surface area contributed by atoms with E-state index in [4.69, 9.17) is 4.42 Å². The highest BCUT2D eigenvalue weighted by Gasteiger charge is 2.07. The minimum absolute atomic E-state index is 0.988. The molecule has 1 aromatic heterocycles. The predicted molar refractivity (Wildman–Crippen MR) is 63.3 cm³/mol. The largest absolute Gasteiger partial charge is 0.464 e. The van der Waals surface area contributed by atoms with Crippen molar-refractivity contribution in [1.82, 2.24) is 5.32 Å². The number of hydrogen-bond acceptors (Lipinski definition) is 2. The molecule has 0 aliphatic carbocycles. The van der Waals surface area contributed by atoms with Gasteiger partial charge in [-0.2, -0.15) is 0 Å². The second-order valence-corrected chi connectivity index (χ2v) is 4.07. The number of fused-ring (bicyclic) bond motifs is 1. The third kappa shape index (κ3) is 1.90. The van der Waals surface area contributed by atoms with Crippen LogP contribution in [0.25, 0.3) is 11.0 Å².